The van der Waals surface area contributed by atoms with Gasteiger partial charge >= 0.3 is 0 Å². The molecule has 12 heteroatoms. The number of nitrogens with zero attached hydrogens (tertiary/aromatic N) is 4. The quantitative estimate of drug-likeness (QED) is 0.342. The van der Waals surface area contributed by atoms with E-state index in [1.54, 1.807) is 30.1 Å². The van der Waals surface area contributed by atoms with Crippen molar-refractivity contribution in [3.05, 3.63) is 35.6 Å². The van der Waals surface area contributed by atoms with Crippen LogP contribution in [0.15, 0.2) is 24.8 Å². The van der Waals surface area contributed by atoms with Gasteiger partial charge < -0.3 is 19.8 Å². The minimum atomic E-state index is -1.10. The monoisotopic (exact) mass is 489 g/mol. The molecule has 1 aliphatic carbocycles. The second kappa shape index (κ2) is 8.80. The Balaban J connectivity index is 1.50. The van der Waals surface area contributed by atoms with Crippen LogP contribution < -0.4 is 10.6 Å². The molecule has 1 amide bonds. The summed E-state index contributed by atoms with van der Waals surface area (Å²) in [5.74, 6) is -1.38. The summed E-state index contributed by atoms with van der Waals surface area (Å²) < 4.78 is 35.3. The Morgan fingerprint density at radius 1 is 1.41 bits per heavy atom. The molecule has 178 valence electrons. The maximum atomic E-state index is 15.4. The molecule has 0 spiro atoms. The largest absolute Gasteiger partial charge is 0.385 e. The third kappa shape index (κ3) is 4.05. The van der Waals surface area contributed by atoms with Crippen molar-refractivity contribution >= 4 is 45.6 Å². The van der Waals surface area contributed by atoms with Gasteiger partial charge in [0.1, 0.15) is 6.17 Å². The Hall–Kier alpha value is -3.31. The molecule has 1 aromatic carbocycles. The fraction of sp³-hybridized carbons (Fsp3) is 0.364. The number of carbonyl (C=O) groups excluding carboxylic acids is 1. The molecular formula is C22H22ClF2N7O2. The molecular weight excluding hydrogens is 468 g/mol. The number of aromatic nitrogens is 5. The number of benzene rings is 1. The van der Waals surface area contributed by atoms with Crippen LogP contribution in [0.2, 0.25) is 5.02 Å². The molecule has 0 bridgehead atoms. The number of ether oxygens (including phenoxy) is 1. The number of halogens is 3. The first-order chi connectivity index (χ1) is 16.4. The number of rotatable bonds is 8. The number of anilines is 2. The maximum absolute atomic E-state index is 15.4. The van der Waals surface area contributed by atoms with Crippen molar-refractivity contribution in [2.24, 2.45) is 5.92 Å². The lowest BCUT2D eigenvalue weighted by atomic mass is 10.0. The van der Waals surface area contributed by atoms with Crippen molar-refractivity contribution < 1.29 is 18.3 Å². The third-order valence-electron chi connectivity index (χ3n) is 5.83. The zero-order chi connectivity index (χ0) is 24.0. The molecule has 3 N–H and O–H groups in total. The highest BCUT2D eigenvalue weighted by molar-refractivity contribution is 6.35. The molecule has 3 atom stereocenters. The normalized spacial score (nSPS) is 18.4. The van der Waals surface area contributed by atoms with Crippen LogP contribution in [0.5, 0.6) is 0 Å². The van der Waals surface area contributed by atoms with Crippen molar-refractivity contribution in [3.63, 3.8) is 0 Å². The average molecular weight is 490 g/mol. The topological polar surface area (TPSA) is 109 Å². The first-order valence-corrected chi connectivity index (χ1v) is 11.1. The van der Waals surface area contributed by atoms with Gasteiger partial charge in [0.2, 0.25) is 5.91 Å². The van der Waals surface area contributed by atoms with Crippen molar-refractivity contribution in [2.45, 2.75) is 32.0 Å². The summed E-state index contributed by atoms with van der Waals surface area (Å²) in [4.78, 5) is 20.7. The highest BCUT2D eigenvalue weighted by Crippen LogP contribution is 2.41. The second-order valence-corrected chi connectivity index (χ2v) is 8.75. The molecule has 34 heavy (non-hydrogen) atoms. The van der Waals surface area contributed by atoms with Gasteiger partial charge in [-0.15, -0.1) is 0 Å². The fourth-order valence-corrected chi connectivity index (χ4v) is 4.15. The highest BCUT2D eigenvalue weighted by atomic mass is 35.5. The summed E-state index contributed by atoms with van der Waals surface area (Å²) in [5.41, 5.74) is 1.91. The van der Waals surface area contributed by atoms with Gasteiger partial charge in [-0.2, -0.15) is 5.10 Å². The summed E-state index contributed by atoms with van der Waals surface area (Å²) in [6, 6.07) is -0.0692. The van der Waals surface area contributed by atoms with E-state index in [2.05, 4.69) is 30.8 Å². The van der Waals surface area contributed by atoms with Gasteiger partial charge in [0.15, 0.2) is 17.3 Å². The summed E-state index contributed by atoms with van der Waals surface area (Å²) in [5, 5.41) is 13.2. The van der Waals surface area contributed by atoms with E-state index < -0.39 is 23.8 Å². The number of hydrogen-bond donors (Lipinski definition) is 3. The molecule has 9 nitrogen and oxygen atoms in total. The Bertz CT molecular complexity index is 1390. The van der Waals surface area contributed by atoms with Crippen molar-refractivity contribution in [2.75, 3.05) is 24.4 Å². The smallest absolute Gasteiger partial charge is 0.231 e. The lowest BCUT2D eigenvalue weighted by molar-refractivity contribution is -0.117. The number of alkyl halides is 1. The summed E-state index contributed by atoms with van der Waals surface area (Å²) >= 11 is 6.50. The van der Waals surface area contributed by atoms with Crippen molar-refractivity contribution in [3.8, 4) is 11.3 Å². The maximum Gasteiger partial charge on any atom is 0.231 e. The Morgan fingerprint density at radius 3 is 2.94 bits per heavy atom. The summed E-state index contributed by atoms with van der Waals surface area (Å²) in [6.45, 7) is 2.45. The minimum Gasteiger partial charge on any atom is -0.385 e. The lowest BCUT2D eigenvalue weighted by Crippen LogP contribution is -2.18. The number of aromatic amines is 1. The highest BCUT2D eigenvalue weighted by Gasteiger charge is 2.43. The number of methoxy groups -OCH3 is 1. The zero-order valence-electron chi connectivity index (χ0n) is 18.4. The van der Waals surface area contributed by atoms with Crippen molar-refractivity contribution in [1.29, 1.82) is 0 Å². The van der Waals surface area contributed by atoms with Gasteiger partial charge in [0.25, 0.3) is 0 Å². The van der Waals surface area contributed by atoms with Crippen LogP contribution in [0.1, 0.15) is 19.8 Å². The predicted octanol–water partition coefficient (Wildman–Crippen LogP) is 4.20. The van der Waals surface area contributed by atoms with Crippen LogP contribution in [-0.4, -0.2) is 56.4 Å². The van der Waals surface area contributed by atoms with Gasteiger partial charge in [-0.3, -0.25) is 14.9 Å². The predicted molar refractivity (Wildman–Crippen MR) is 124 cm³/mol. The first-order valence-electron chi connectivity index (χ1n) is 10.8. The summed E-state index contributed by atoms with van der Waals surface area (Å²) in [6.07, 6.45) is 6.07. The number of carbonyl (C=O) groups is 1. The summed E-state index contributed by atoms with van der Waals surface area (Å²) in [7, 11) is 1.61. The number of nitrogens with one attached hydrogen (secondary N) is 3. The van der Waals surface area contributed by atoms with Crippen molar-refractivity contribution in [1.82, 2.24) is 24.6 Å². The molecule has 1 saturated carbocycles. The van der Waals surface area contributed by atoms with Crippen LogP contribution in [0, 0.1) is 11.7 Å². The third-order valence-corrected chi connectivity index (χ3v) is 6.19. The van der Waals surface area contributed by atoms with E-state index in [1.165, 1.54) is 6.20 Å². The van der Waals surface area contributed by atoms with Gasteiger partial charge in [0.05, 0.1) is 46.4 Å². The zero-order valence-corrected chi connectivity index (χ0v) is 19.2. The van der Waals surface area contributed by atoms with E-state index >= 15 is 4.39 Å². The number of imidazole rings is 1. The second-order valence-electron chi connectivity index (χ2n) is 8.38. The van der Waals surface area contributed by atoms with Gasteiger partial charge in [-0.1, -0.05) is 11.6 Å². The molecule has 1 unspecified atom stereocenters. The Morgan fingerprint density at radius 2 is 2.21 bits per heavy atom. The SMILES string of the molecule is COCCC(C)Nc1c(F)c(Cl)c(-c2cn3cc(NC(=O)[C@@H]4C[C@@H]4F)nc3cn2)c2cn[nH]c12. The van der Waals surface area contributed by atoms with E-state index in [9.17, 15) is 9.18 Å². The van der Waals surface area contributed by atoms with Crippen LogP contribution in [0.25, 0.3) is 27.8 Å². The average Bonchev–Trinajstić information content (AvgIpc) is 3.18. The van der Waals surface area contributed by atoms with Crippen LogP contribution in [-0.2, 0) is 9.53 Å². The number of amides is 1. The van der Waals surface area contributed by atoms with Crippen LogP contribution >= 0.6 is 11.6 Å². The number of hydrogen-bond acceptors (Lipinski definition) is 6. The van der Waals surface area contributed by atoms with Gasteiger partial charge in [-0.25, -0.2) is 13.8 Å². The number of fused-ring (bicyclic) bond motifs is 2. The Kier molecular flexibility index (Phi) is 5.82. The molecule has 4 aromatic rings. The molecule has 3 aromatic heterocycles. The van der Waals surface area contributed by atoms with Crippen LogP contribution in [0.4, 0.5) is 20.3 Å². The van der Waals surface area contributed by atoms with Crippen LogP contribution in [0.3, 0.4) is 0 Å². The van der Waals surface area contributed by atoms with E-state index in [1.807, 2.05) is 6.92 Å². The molecule has 1 fully saturated rings. The molecule has 3 heterocycles. The molecule has 0 aliphatic heterocycles. The molecule has 0 radical (unpaired) electrons. The fourth-order valence-electron chi connectivity index (χ4n) is 3.86. The lowest BCUT2D eigenvalue weighted by Gasteiger charge is -2.18. The van der Waals surface area contributed by atoms with Gasteiger partial charge in [-0.05, 0) is 19.8 Å². The van der Waals surface area contributed by atoms with E-state index in [-0.39, 0.29) is 29.0 Å². The van der Waals surface area contributed by atoms with Gasteiger partial charge in [0, 0.05) is 36.9 Å². The minimum absolute atomic E-state index is 0.0692. The van der Waals surface area contributed by atoms with E-state index in [0.717, 1.165) is 0 Å². The molecule has 5 rings (SSSR count). The van der Waals surface area contributed by atoms with E-state index in [0.29, 0.717) is 40.8 Å². The first kappa shape index (κ1) is 22.5. The standard InChI is InChI=1S/C22H22ClF2N7O2/c1-10(3-4-34-2)28-21-19(25)18(23)17(12-6-27-31-20(12)21)14-8-32-9-15(29-16(32)7-26-14)30-22(33)11-5-13(11)24/h6-11,13,28H,3-5H2,1-2H3,(H,27,31)(H,30,33)/t10?,11-,13+/m1/s1. The molecule has 1 aliphatic rings. The molecule has 0 saturated heterocycles. The Labute approximate surface area is 197 Å². The number of H-pyrrole nitrogens is 1. The van der Waals surface area contributed by atoms with E-state index in [4.69, 9.17) is 16.3 Å².